The van der Waals surface area contributed by atoms with Gasteiger partial charge in [-0.05, 0) is 97.3 Å². The van der Waals surface area contributed by atoms with E-state index in [1.54, 1.807) is 0 Å². The topological polar surface area (TPSA) is 60.7 Å². The van der Waals surface area contributed by atoms with Gasteiger partial charge in [0.25, 0.3) is 0 Å². The second kappa shape index (κ2) is 14.8. The highest BCUT2D eigenvalue weighted by Gasteiger charge is 2.16. The summed E-state index contributed by atoms with van der Waals surface area (Å²) in [6.45, 7) is 26.4. The van der Waals surface area contributed by atoms with Crippen LogP contribution in [0.15, 0.2) is 0 Å². The van der Waals surface area contributed by atoms with E-state index in [9.17, 15) is 15.3 Å². The molecule has 1 unspecified atom stereocenters. The van der Waals surface area contributed by atoms with Gasteiger partial charge in [0.15, 0.2) is 0 Å². The maximum absolute atomic E-state index is 9.45. The van der Waals surface area contributed by atoms with Crippen molar-refractivity contribution in [2.24, 2.45) is 23.7 Å². The molecule has 0 aromatic heterocycles. The first kappa shape index (κ1) is 32.5. The molecule has 0 radical (unpaired) electrons. The van der Waals surface area contributed by atoms with E-state index in [1.807, 2.05) is 41.5 Å². The number of aliphatic hydroxyl groups is 3. The van der Waals surface area contributed by atoms with Crippen LogP contribution in [0.1, 0.15) is 122 Å². The van der Waals surface area contributed by atoms with E-state index in [4.69, 9.17) is 0 Å². The summed E-state index contributed by atoms with van der Waals surface area (Å²) in [7, 11) is 0. The molecule has 0 amide bonds. The van der Waals surface area contributed by atoms with Crippen LogP contribution >= 0.6 is 0 Å². The fourth-order valence-electron chi connectivity index (χ4n) is 2.56. The summed E-state index contributed by atoms with van der Waals surface area (Å²) in [6, 6.07) is 0. The van der Waals surface area contributed by atoms with Crippen LogP contribution < -0.4 is 0 Å². The SMILES string of the molecule is CC(C)C(C)CCC(C)(C)O.CC(C)CC(C)(C)O.CC(C)CCC(C)(C)O. The van der Waals surface area contributed by atoms with Crippen molar-refractivity contribution in [3.8, 4) is 0 Å². The van der Waals surface area contributed by atoms with Crippen LogP contribution in [-0.4, -0.2) is 32.1 Å². The molecule has 1 atom stereocenters. The smallest absolute Gasteiger partial charge is 0.0594 e. The Hall–Kier alpha value is -0.120. The Morgan fingerprint density at radius 1 is 0.536 bits per heavy atom. The van der Waals surface area contributed by atoms with Crippen LogP contribution in [0.2, 0.25) is 0 Å². The van der Waals surface area contributed by atoms with Crippen molar-refractivity contribution >= 4 is 0 Å². The molecule has 0 heterocycles. The van der Waals surface area contributed by atoms with Crippen LogP contribution in [0.5, 0.6) is 0 Å². The molecule has 3 heteroatoms. The Morgan fingerprint density at radius 2 is 0.893 bits per heavy atom. The van der Waals surface area contributed by atoms with Crippen LogP contribution in [0.25, 0.3) is 0 Å². The van der Waals surface area contributed by atoms with Crippen molar-refractivity contribution < 1.29 is 15.3 Å². The predicted molar refractivity (Wildman–Crippen MR) is 126 cm³/mol. The molecule has 3 N–H and O–H groups in total. The highest BCUT2D eigenvalue weighted by molar-refractivity contribution is 4.68. The molecule has 0 aliphatic carbocycles. The summed E-state index contributed by atoms with van der Waals surface area (Å²) in [6.07, 6.45) is 4.94. The van der Waals surface area contributed by atoms with Gasteiger partial charge in [-0.15, -0.1) is 0 Å². The first-order chi connectivity index (χ1) is 12.2. The summed E-state index contributed by atoms with van der Waals surface area (Å²) in [5.41, 5.74) is -1.43. The first-order valence-corrected chi connectivity index (χ1v) is 11.3. The molecule has 0 aliphatic rings. The van der Waals surface area contributed by atoms with Crippen molar-refractivity contribution in [2.75, 3.05) is 0 Å². The van der Waals surface area contributed by atoms with Crippen LogP contribution in [0, 0.1) is 23.7 Å². The Kier molecular flexibility index (Phi) is 17.2. The zero-order chi connectivity index (χ0) is 23.3. The van der Waals surface area contributed by atoms with Gasteiger partial charge in [0.2, 0.25) is 0 Å². The molecule has 0 saturated carbocycles. The van der Waals surface area contributed by atoms with E-state index < -0.39 is 16.8 Å². The monoisotopic (exact) mass is 404 g/mol. The quantitative estimate of drug-likeness (QED) is 0.395. The third kappa shape index (κ3) is 36.7. The van der Waals surface area contributed by atoms with Gasteiger partial charge < -0.3 is 15.3 Å². The largest absolute Gasteiger partial charge is 0.390 e. The molecule has 0 aliphatic heterocycles. The summed E-state index contributed by atoms with van der Waals surface area (Å²) < 4.78 is 0. The van der Waals surface area contributed by atoms with Gasteiger partial charge in [0.1, 0.15) is 0 Å². The average molecular weight is 405 g/mol. The number of hydrogen-bond donors (Lipinski definition) is 3. The van der Waals surface area contributed by atoms with Crippen molar-refractivity contribution in [2.45, 2.75) is 139 Å². The Balaban J connectivity index is -0.000000340. The average Bonchev–Trinajstić information content (AvgIpc) is 2.39. The van der Waals surface area contributed by atoms with Gasteiger partial charge >= 0.3 is 0 Å². The fraction of sp³-hybridized carbons (Fsp3) is 1.00. The lowest BCUT2D eigenvalue weighted by atomic mass is 9.89. The third-order valence-electron chi connectivity index (χ3n) is 4.59. The van der Waals surface area contributed by atoms with Gasteiger partial charge in [-0.25, -0.2) is 0 Å². The predicted octanol–water partition coefficient (Wildman–Crippen LogP) is 6.83. The maximum atomic E-state index is 9.45. The molecule has 0 spiro atoms. The molecule has 174 valence electrons. The molecular weight excluding hydrogens is 348 g/mol. The van der Waals surface area contributed by atoms with Crippen LogP contribution in [0.4, 0.5) is 0 Å². The third-order valence-corrected chi connectivity index (χ3v) is 4.59. The van der Waals surface area contributed by atoms with Crippen LogP contribution in [-0.2, 0) is 0 Å². The van der Waals surface area contributed by atoms with Gasteiger partial charge in [-0.1, -0.05) is 48.5 Å². The summed E-state index contributed by atoms with van der Waals surface area (Å²) in [5, 5.41) is 27.9. The number of rotatable bonds is 9. The van der Waals surface area contributed by atoms with Crippen molar-refractivity contribution in [3.63, 3.8) is 0 Å². The van der Waals surface area contributed by atoms with Gasteiger partial charge in [0.05, 0.1) is 16.8 Å². The zero-order valence-electron chi connectivity index (χ0n) is 21.7. The molecule has 0 aromatic carbocycles. The second-order valence-corrected chi connectivity index (χ2v) is 11.7. The number of hydrogen-bond acceptors (Lipinski definition) is 3. The minimum absolute atomic E-state index is 0.468. The van der Waals surface area contributed by atoms with E-state index in [2.05, 4.69) is 48.5 Å². The van der Waals surface area contributed by atoms with Gasteiger partial charge in [-0.2, -0.15) is 0 Å². The van der Waals surface area contributed by atoms with Gasteiger partial charge in [-0.3, -0.25) is 0 Å². The minimum atomic E-state index is -0.483. The zero-order valence-corrected chi connectivity index (χ0v) is 21.7. The molecule has 0 saturated heterocycles. The highest BCUT2D eigenvalue weighted by Crippen LogP contribution is 2.21. The Labute approximate surface area is 178 Å². The van der Waals surface area contributed by atoms with Crippen molar-refractivity contribution in [1.29, 1.82) is 0 Å². The lowest BCUT2D eigenvalue weighted by Gasteiger charge is -2.21. The van der Waals surface area contributed by atoms with Crippen molar-refractivity contribution in [1.82, 2.24) is 0 Å². The Morgan fingerprint density at radius 3 is 1.04 bits per heavy atom. The Bertz CT molecular complexity index is 338. The fourth-order valence-corrected chi connectivity index (χ4v) is 2.56. The first-order valence-electron chi connectivity index (χ1n) is 11.3. The normalized spacial score (nSPS) is 13.8. The van der Waals surface area contributed by atoms with Crippen LogP contribution in [0.3, 0.4) is 0 Å². The van der Waals surface area contributed by atoms with Crippen molar-refractivity contribution in [3.05, 3.63) is 0 Å². The van der Waals surface area contributed by atoms with E-state index in [0.29, 0.717) is 11.8 Å². The van der Waals surface area contributed by atoms with E-state index >= 15 is 0 Å². The van der Waals surface area contributed by atoms with Gasteiger partial charge in [0, 0.05) is 0 Å². The molecular formula is C25H56O3. The molecule has 0 fully saturated rings. The highest BCUT2D eigenvalue weighted by atomic mass is 16.3. The molecule has 0 bridgehead atoms. The van der Waals surface area contributed by atoms with E-state index in [0.717, 1.165) is 43.9 Å². The lowest BCUT2D eigenvalue weighted by Crippen LogP contribution is -2.20. The molecule has 0 aromatic rings. The minimum Gasteiger partial charge on any atom is -0.390 e. The maximum Gasteiger partial charge on any atom is 0.0594 e. The molecule has 28 heavy (non-hydrogen) atoms. The summed E-state index contributed by atoms with van der Waals surface area (Å²) in [5.74, 6) is 2.75. The van der Waals surface area contributed by atoms with E-state index in [-0.39, 0.29) is 0 Å². The molecule has 3 nitrogen and oxygen atoms in total. The summed E-state index contributed by atoms with van der Waals surface area (Å²) in [4.78, 5) is 0. The lowest BCUT2D eigenvalue weighted by molar-refractivity contribution is 0.0577. The molecule has 0 rings (SSSR count). The second-order valence-electron chi connectivity index (χ2n) is 11.7. The summed E-state index contributed by atoms with van der Waals surface area (Å²) >= 11 is 0. The van der Waals surface area contributed by atoms with E-state index in [1.165, 1.54) is 0 Å². The standard InChI is InChI=1S/C10H22O.C8H18O.C7H16O/c1-8(2)9(3)6-7-10(4,5)11;1-7(2)5-6-8(3,4)9;1-6(2)5-7(3,4)8/h8-9,11H,6-7H2,1-5H3;7,9H,5-6H2,1-4H3;6,8H,5H2,1-4H3.